The standard InChI is InChI=1S/C10H6F3N3O2S/c11-10(12,13)9(5-14,8(15)19)6-1-3-7(4-2-6)16(17)18/h1-4H,(H2,15,19). The number of nitro benzene ring substituents is 1. The fraction of sp³-hybridized carbons (Fsp3) is 0.200. The van der Waals surface area contributed by atoms with Crippen molar-refractivity contribution in [2.24, 2.45) is 5.73 Å². The number of halogens is 3. The lowest BCUT2D eigenvalue weighted by molar-refractivity contribution is -0.384. The predicted octanol–water partition coefficient (Wildman–Crippen LogP) is 2.20. The van der Waals surface area contributed by atoms with Gasteiger partial charge in [0.1, 0.15) is 4.99 Å². The summed E-state index contributed by atoms with van der Waals surface area (Å²) in [5, 5.41) is 19.3. The second-order valence-corrected chi connectivity index (χ2v) is 3.97. The molecule has 0 aliphatic carbocycles. The molecule has 0 spiro atoms. The average molecular weight is 289 g/mol. The average Bonchev–Trinajstić information content (AvgIpc) is 2.28. The Bertz CT molecular complexity index is 565. The van der Waals surface area contributed by atoms with Crippen molar-refractivity contribution in [3.05, 3.63) is 39.9 Å². The van der Waals surface area contributed by atoms with Crippen LogP contribution in [0.1, 0.15) is 5.56 Å². The molecule has 0 fully saturated rings. The number of nitriles is 1. The van der Waals surface area contributed by atoms with Gasteiger partial charge in [0.25, 0.3) is 5.69 Å². The van der Waals surface area contributed by atoms with Crippen LogP contribution in [0.15, 0.2) is 24.3 Å². The SMILES string of the molecule is N#CC(C(N)=S)(c1ccc([N+](=O)[O-])cc1)C(F)(F)F. The molecule has 1 aromatic carbocycles. The number of alkyl halides is 3. The molecule has 0 saturated carbocycles. The van der Waals surface area contributed by atoms with E-state index in [1.54, 1.807) is 0 Å². The van der Waals surface area contributed by atoms with E-state index >= 15 is 0 Å². The minimum atomic E-state index is -5.02. The van der Waals surface area contributed by atoms with Crippen LogP contribution in [-0.2, 0) is 5.41 Å². The van der Waals surface area contributed by atoms with Gasteiger partial charge in [0.05, 0.1) is 11.0 Å². The van der Waals surface area contributed by atoms with Crippen LogP contribution in [0.5, 0.6) is 0 Å². The molecule has 1 aromatic rings. The lowest BCUT2D eigenvalue weighted by Gasteiger charge is -2.28. The fourth-order valence-electron chi connectivity index (χ4n) is 1.46. The van der Waals surface area contributed by atoms with E-state index in [9.17, 15) is 23.3 Å². The number of hydrogen-bond donors (Lipinski definition) is 1. The maximum absolute atomic E-state index is 13.0. The Kier molecular flexibility index (Phi) is 3.76. The van der Waals surface area contributed by atoms with Gasteiger partial charge in [-0.05, 0) is 17.7 Å². The minimum Gasteiger partial charge on any atom is -0.391 e. The first-order valence-corrected chi connectivity index (χ1v) is 5.10. The van der Waals surface area contributed by atoms with Crippen molar-refractivity contribution in [3.8, 4) is 6.07 Å². The predicted molar refractivity (Wildman–Crippen MR) is 63.2 cm³/mol. The highest BCUT2D eigenvalue weighted by atomic mass is 32.1. The zero-order valence-electron chi connectivity index (χ0n) is 9.14. The van der Waals surface area contributed by atoms with Crippen molar-refractivity contribution in [3.63, 3.8) is 0 Å². The van der Waals surface area contributed by atoms with Crippen molar-refractivity contribution < 1.29 is 18.1 Å². The molecule has 9 heteroatoms. The molecule has 0 saturated heterocycles. The Labute approximate surface area is 110 Å². The van der Waals surface area contributed by atoms with E-state index in [0.29, 0.717) is 0 Å². The van der Waals surface area contributed by atoms with Gasteiger partial charge in [-0.3, -0.25) is 10.1 Å². The van der Waals surface area contributed by atoms with Crippen LogP contribution in [-0.4, -0.2) is 16.1 Å². The summed E-state index contributed by atoms with van der Waals surface area (Å²) in [7, 11) is 0. The first-order valence-electron chi connectivity index (χ1n) is 4.69. The molecule has 0 heterocycles. The lowest BCUT2D eigenvalue weighted by atomic mass is 9.81. The number of benzene rings is 1. The van der Waals surface area contributed by atoms with Crippen LogP contribution in [0.3, 0.4) is 0 Å². The number of nitrogens with zero attached hydrogens (tertiary/aromatic N) is 2. The first kappa shape index (κ1) is 14.8. The Morgan fingerprint density at radius 2 is 1.84 bits per heavy atom. The van der Waals surface area contributed by atoms with E-state index in [1.807, 2.05) is 0 Å². The monoisotopic (exact) mass is 289 g/mol. The van der Waals surface area contributed by atoms with Gasteiger partial charge in [0, 0.05) is 12.1 Å². The summed E-state index contributed by atoms with van der Waals surface area (Å²) in [4.78, 5) is 8.60. The van der Waals surface area contributed by atoms with E-state index in [4.69, 9.17) is 11.0 Å². The van der Waals surface area contributed by atoms with Gasteiger partial charge in [0.2, 0.25) is 5.41 Å². The van der Waals surface area contributed by atoms with Crippen molar-refractivity contribution >= 4 is 22.9 Å². The number of hydrogen-bond acceptors (Lipinski definition) is 4. The van der Waals surface area contributed by atoms with Crippen LogP contribution < -0.4 is 5.73 Å². The molecule has 5 nitrogen and oxygen atoms in total. The Morgan fingerprint density at radius 3 is 2.11 bits per heavy atom. The van der Waals surface area contributed by atoms with Gasteiger partial charge in [0.15, 0.2) is 0 Å². The van der Waals surface area contributed by atoms with E-state index in [1.165, 1.54) is 0 Å². The molecule has 0 amide bonds. The summed E-state index contributed by atoms with van der Waals surface area (Å²) in [5.41, 5.74) is 0.941. The van der Waals surface area contributed by atoms with Crippen LogP contribution in [0.4, 0.5) is 18.9 Å². The molecule has 2 N–H and O–H groups in total. The smallest absolute Gasteiger partial charge is 0.391 e. The molecular formula is C10H6F3N3O2S. The molecule has 0 aromatic heterocycles. The van der Waals surface area contributed by atoms with E-state index in [2.05, 4.69) is 12.2 Å². The molecule has 1 rings (SSSR count). The third-order valence-corrected chi connectivity index (χ3v) is 2.78. The quantitative estimate of drug-likeness (QED) is 0.523. The summed E-state index contributed by atoms with van der Waals surface area (Å²) in [6.45, 7) is 0. The van der Waals surface area contributed by atoms with Crippen molar-refractivity contribution in [2.45, 2.75) is 11.6 Å². The van der Waals surface area contributed by atoms with E-state index in [0.717, 1.165) is 30.3 Å². The summed E-state index contributed by atoms with van der Waals surface area (Å²) < 4.78 is 39.1. The van der Waals surface area contributed by atoms with Gasteiger partial charge in [-0.15, -0.1) is 0 Å². The largest absolute Gasteiger partial charge is 0.417 e. The van der Waals surface area contributed by atoms with Crippen LogP contribution in [0.25, 0.3) is 0 Å². The Morgan fingerprint density at radius 1 is 1.37 bits per heavy atom. The van der Waals surface area contributed by atoms with Crippen LogP contribution in [0, 0.1) is 21.4 Å². The Hall–Kier alpha value is -2.21. The van der Waals surface area contributed by atoms with Crippen LogP contribution in [0.2, 0.25) is 0 Å². The Balaban J connectivity index is 3.48. The highest BCUT2D eigenvalue weighted by molar-refractivity contribution is 7.80. The van der Waals surface area contributed by atoms with Crippen molar-refractivity contribution in [1.82, 2.24) is 0 Å². The maximum atomic E-state index is 13.0. The van der Waals surface area contributed by atoms with E-state index in [-0.39, 0.29) is 0 Å². The molecule has 100 valence electrons. The van der Waals surface area contributed by atoms with Crippen molar-refractivity contribution in [1.29, 1.82) is 5.26 Å². The normalized spacial score (nSPS) is 14.2. The minimum absolute atomic E-state index is 0.402. The molecule has 19 heavy (non-hydrogen) atoms. The lowest BCUT2D eigenvalue weighted by Crippen LogP contribution is -2.50. The number of non-ortho nitro benzene ring substituents is 1. The molecule has 1 unspecified atom stereocenters. The second kappa shape index (κ2) is 4.81. The van der Waals surface area contributed by atoms with Gasteiger partial charge in [-0.2, -0.15) is 18.4 Å². The van der Waals surface area contributed by atoms with Gasteiger partial charge >= 0.3 is 6.18 Å². The maximum Gasteiger partial charge on any atom is 0.417 e. The molecule has 0 aliphatic heterocycles. The topological polar surface area (TPSA) is 93.0 Å². The molecule has 0 bridgehead atoms. The zero-order valence-corrected chi connectivity index (χ0v) is 9.96. The van der Waals surface area contributed by atoms with Gasteiger partial charge in [-0.1, -0.05) is 12.2 Å². The van der Waals surface area contributed by atoms with Crippen molar-refractivity contribution in [2.75, 3.05) is 0 Å². The number of nitro groups is 1. The third kappa shape index (κ3) is 2.34. The van der Waals surface area contributed by atoms with Gasteiger partial charge in [-0.25, -0.2) is 0 Å². The summed E-state index contributed by atoms with van der Waals surface area (Å²) in [5.74, 6) is 0. The molecule has 0 aliphatic rings. The summed E-state index contributed by atoms with van der Waals surface area (Å²) in [6.07, 6.45) is -5.02. The second-order valence-electron chi connectivity index (χ2n) is 3.53. The summed E-state index contributed by atoms with van der Waals surface area (Å²) >= 11 is 4.34. The number of rotatable bonds is 3. The molecule has 0 radical (unpaired) electrons. The zero-order chi connectivity index (χ0) is 14.8. The molecule has 1 atom stereocenters. The van der Waals surface area contributed by atoms with Gasteiger partial charge < -0.3 is 5.73 Å². The third-order valence-electron chi connectivity index (χ3n) is 2.47. The number of nitrogens with two attached hydrogens (primary N) is 1. The van der Waals surface area contributed by atoms with E-state index < -0.39 is 32.8 Å². The number of thiocarbonyl (C=S) groups is 1. The van der Waals surface area contributed by atoms with Crippen LogP contribution >= 0.6 is 12.2 Å². The summed E-state index contributed by atoms with van der Waals surface area (Å²) in [6, 6.07) is 4.39. The highest BCUT2D eigenvalue weighted by Crippen LogP contribution is 2.41. The highest BCUT2D eigenvalue weighted by Gasteiger charge is 2.59. The first-order chi connectivity index (χ1) is 8.66. The molecular weight excluding hydrogens is 283 g/mol. The fourth-order valence-corrected chi connectivity index (χ4v) is 1.74.